The lowest BCUT2D eigenvalue weighted by molar-refractivity contribution is -0.0696. The van der Waals surface area contributed by atoms with Gasteiger partial charge in [0.25, 0.3) is 0 Å². The number of fused-ring (bicyclic) bond motifs is 1. The number of para-hydroxylation sites is 1. The molecule has 0 bridgehead atoms. The van der Waals surface area contributed by atoms with Crippen molar-refractivity contribution in [1.29, 1.82) is 0 Å². The molecule has 78 valence electrons. The fourth-order valence-corrected chi connectivity index (χ4v) is 1.27. The molecule has 4 heteroatoms. The molecule has 0 aliphatic heterocycles. The van der Waals surface area contributed by atoms with Crippen LogP contribution in [0.4, 0.5) is 13.2 Å². The molecule has 2 rings (SSSR count). The molecule has 1 aromatic heterocycles. The molecule has 1 nitrogen and oxygen atoms in total. The Kier molecular flexibility index (Phi) is 2.07. The Bertz CT molecular complexity index is 475. The van der Waals surface area contributed by atoms with E-state index >= 15 is 0 Å². The van der Waals surface area contributed by atoms with Gasteiger partial charge in [-0.3, -0.25) is 0 Å². The van der Waals surface area contributed by atoms with Gasteiger partial charge in [0.15, 0.2) is 0 Å². The van der Waals surface area contributed by atoms with Crippen molar-refractivity contribution < 1.29 is 17.6 Å². The van der Waals surface area contributed by atoms with Crippen LogP contribution < -0.4 is 0 Å². The average Bonchev–Trinajstić information content (AvgIpc) is 2.58. The third kappa shape index (κ3) is 1.75. The van der Waals surface area contributed by atoms with Crippen molar-refractivity contribution in [3.8, 4) is 0 Å². The van der Waals surface area contributed by atoms with E-state index < -0.39 is 11.7 Å². The van der Waals surface area contributed by atoms with E-state index in [0.29, 0.717) is 11.0 Å². The van der Waals surface area contributed by atoms with Crippen LogP contribution in [0.25, 0.3) is 16.5 Å². The number of alkyl halides is 3. The van der Waals surface area contributed by atoms with E-state index in [1.807, 2.05) is 0 Å². The maximum absolute atomic E-state index is 12.3. The highest BCUT2D eigenvalue weighted by molar-refractivity contribution is 5.82. The zero-order valence-electron chi connectivity index (χ0n) is 7.64. The van der Waals surface area contributed by atoms with Crippen molar-refractivity contribution in [2.75, 3.05) is 0 Å². The number of furan rings is 1. The molecule has 0 unspecified atom stereocenters. The molecule has 15 heavy (non-hydrogen) atoms. The Hall–Kier alpha value is -1.71. The number of hydrogen-bond donors (Lipinski definition) is 0. The van der Waals surface area contributed by atoms with E-state index in [9.17, 15) is 13.2 Å². The molecule has 0 spiro atoms. The molecule has 0 N–H and O–H groups in total. The van der Waals surface area contributed by atoms with Crippen molar-refractivity contribution in [2.24, 2.45) is 0 Å². The van der Waals surface area contributed by atoms with E-state index in [1.54, 1.807) is 24.3 Å². The minimum absolute atomic E-state index is 0.233. The van der Waals surface area contributed by atoms with Gasteiger partial charge in [0.1, 0.15) is 11.3 Å². The molecule has 0 saturated heterocycles. The Morgan fingerprint density at radius 1 is 1.20 bits per heavy atom. The molecule has 0 radical (unpaired) electrons. The van der Waals surface area contributed by atoms with Crippen LogP contribution in [0.1, 0.15) is 5.76 Å². The number of halogens is 3. The summed E-state index contributed by atoms with van der Waals surface area (Å²) < 4.78 is 41.9. The van der Waals surface area contributed by atoms with Gasteiger partial charge < -0.3 is 4.42 Å². The van der Waals surface area contributed by atoms with Crippen LogP contribution in [0.15, 0.2) is 41.3 Å². The summed E-state index contributed by atoms with van der Waals surface area (Å²) in [5, 5.41) is 0.637. The smallest absolute Gasteiger partial charge is 0.419 e. The molecule has 1 aromatic carbocycles. The van der Waals surface area contributed by atoms with Gasteiger partial charge in [-0.15, -0.1) is 0 Å². The predicted octanol–water partition coefficient (Wildman–Crippen LogP) is 4.01. The average molecular weight is 212 g/mol. The first kappa shape index (κ1) is 9.83. The third-order valence-corrected chi connectivity index (χ3v) is 2.07. The van der Waals surface area contributed by atoms with Crippen molar-refractivity contribution in [3.63, 3.8) is 0 Å². The summed E-state index contributed by atoms with van der Waals surface area (Å²) in [5.74, 6) is -0.233. The van der Waals surface area contributed by atoms with Crippen molar-refractivity contribution in [2.45, 2.75) is 6.18 Å². The van der Waals surface area contributed by atoms with Crippen LogP contribution >= 0.6 is 0 Å². The van der Waals surface area contributed by atoms with E-state index in [-0.39, 0.29) is 5.76 Å². The molecule has 0 aliphatic rings. The fourth-order valence-electron chi connectivity index (χ4n) is 1.27. The summed E-state index contributed by atoms with van der Waals surface area (Å²) in [5.41, 5.74) is -0.531. The normalized spacial score (nSPS) is 11.9. The van der Waals surface area contributed by atoms with Crippen molar-refractivity contribution >= 4 is 16.5 Å². The van der Waals surface area contributed by atoms with E-state index in [2.05, 4.69) is 6.58 Å². The quantitative estimate of drug-likeness (QED) is 0.696. The SMILES string of the molecule is C=C(c1cc2ccccc2o1)C(F)(F)F. The summed E-state index contributed by atoms with van der Waals surface area (Å²) in [7, 11) is 0. The zero-order valence-corrected chi connectivity index (χ0v) is 7.64. The van der Waals surface area contributed by atoms with Crippen molar-refractivity contribution in [3.05, 3.63) is 42.7 Å². The molecule has 1 heterocycles. The minimum Gasteiger partial charge on any atom is -0.456 e. The van der Waals surface area contributed by atoms with E-state index in [0.717, 1.165) is 0 Å². The third-order valence-electron chi connectivity index (χ3n) is 2.07. The Labute approximate surface area is 83.8 Å². The molecule has 0 fully saturated rings. The maximum atomic E-state index is 12.3. The number of benzene rings is 1. The second-order valence-electron chi connectivity index (χ2n) is 3.12. The highest BCUT2D eigenvalue weighted by Gasteiger charge is 2.34. The number of allylic oxidation sites excluding steroid dienone is 1. The second-order valence-corrected chi connectivity index (χ2v) is 3.12. The van der Waals surface area contributed by atoms with Gasteiger partial charge in [-0.25, -0.2) is 0 Å². The lowest BCUT2D eigenvalue weighted by atomic mass is 10.2. The molecular formula is C11H7F3O. The van der Waals surface area contributed by atoms with Gasteiger partial charge in [-0.1, -0.05) is 24.8 Å². The Morgan fingerprint density at radius 3 is 2.47 bits per heavy atom. The lowest BCUT2D eigenvalue weighted by Crippen LogP contribution is -2.08. The topological polar surface area (TPSA) is 13.1 Å². The monoisotopic (exact) mass is 212 g/mol. The van der Waals surface area contributed by atoms with Crippen molar-refractivity contribution in [1.82, 2.24) is 0 Å². The summed E-state index contributed by atoms with van der Waals surface area (Å²) >= 11 is 0. The van der Waals surface area contributed by atoms with Gasteiger partial charge in [0, 0.05) is 5.39 Å². The Morgan fingerprint density at radius 2 is 1.87 bits per heavy atom. The van der Waals surface area contributed by atoms with Gasteiger partial charge >= 0.3 is 6.18 Å². The molecule has 0 saturated carbocycles. The van der Waals surface area contributed by atoms with Gasteiger partial charge in [0.05, 0.1) is 5.57 Å². The molecular weight excluding hydrogens is 205 g/mol. The van der Waals surface area contributed by atoms with Gasteiger partial charge in [0.2, 0.25) is 0 Å². The first-order valence-electron chi connectivity index (χ1n) is 4.23. The van der Waals surface area contributed by atoms with Crippen LogP contribution in [0, 0.1) is 0 Å². The molecule has 0 aliphatic carbocycles. The maximum Gasteiger partial charge on any atom is 0.419 e. The highest BCUT2D eigenvalue weighted by Crippen LogP contribution is 2.34. The standard InChI is InChI=1S/C11H7F3O/c1-7(11(12,13)14)10-6-8-4-2-3-5-9(8)15-10/h2-6H,1H2. The van der Waals surface area contributed by atoms with E-state index in [4.69, 9.17) is 4.42 Å². The Balaban J connectivity index is 2.50. The molecule has 0 atom stereocenters. The van der Waals surface area contributed by atoms with Crippen LogP contribution in [0.3, 0.4) is 0 Å². The first-order chi connectivity index (χ1) is 6.98. The summed E-state index contributed by atoms with van der Waals surface area (Å²) in [4.78, 5) is 0. The van der Waals surface area contributed by atoms with Gasteiger partial charge in [-0.05, 0) is 12.1 Å². The fraction of sp³-hybridized carbons (Fsp3) is 0.0909. The minimum atomic E-state index is -4.45. The molecule has 2 aromatic rings. The van der Waals surface area contributed by atoms with Crippen LogP contribution in [-0.4, -0.2) is 6.18 Å². The second kappa shape index (κ2) is 3.15. The largest absolute Gasteiger partial charge is 0.456 e. The predicted molar refractivity (Wildman–Crippen MR) is 51.3 cm³/mol. The highest BCUT2D eigenvalue weighted by atomic mass is 19.4. The van der Waals surface area contributed by atoms with Crippen LogP contribution in [-0.2, 0) is 0 Å². The summed E-state index contributed by atoms with van der Waals surface area (Å²) in [6.07, 6.45) is -4.45. The van der Waals surface area contributed by atoms with Crippen LogP contribution in [0.5, 0.6) is 0 Å². The number of hydrogen-bond acceptors (Lipinski definition) is 1. The zero-order chi connectivity index (χ0) is 11.1. The summed E-state index contributed by atoms with van der Waals surface area (Å²) in [6.45, 7) is 2.97. The lowest BCUT2D eigenvalue weighted by Gasteiger charge is -2.05. The number of rotatable bonds is 1. The first-order valence-corrected chi connectivity index (χ1v) is 4.23. The van der Waals surface area contributed by atoms with E-state index in [1.165, 1.54) is 6.07 Å². The van der Waals surface area contributed by atoms with Crippen LogP contribution in [0.2, 0.25) is 0 Å². The van der Waals surface area contributed by atoms with Gasteiger partial charge in [-0.2, -0.15) is 13.2 Å². The molecule has 0 amide bonds. The summed E-state index contributed by atoms with van der Waals surface area (Å²) in [6, 6.07) is 8.07.